The third kappa shape index (κ3) is 0.455. The predicted molar refractivity (Wildman–Crippen MR) is 33.7 cm³/mol. The average molecular weight is 111 g/mol. The quantitative estimate of drug-likeness (QED) is 0.492. The lowest BCUT2D eigenvalue weighted by atomic mass is 9.73. The van der Waals surface area contributed by atoms with Crippen LogP contribution >= 0.6 is 0 Å². The van der Waals surface area contributed by atoms with Gasteiger partial charge in [-0.05, 0) is 38.1 Å². The van der Waals surface area contributed by atoms with Crippen LogP contribution < -0.4 is 5.32 Å². The first-order chi connectivity index (χ1) is 3.88. The van der Waals surface area contributed by atoms with Gasteiger partial charge in [0.25, 0.3) is 0 Å². The van der Waals surface area contributed by atoms with E-state index in [4.69, 9.17) is 0 Å². The van der Waals surface area contributed by atoms with Crippen molar-refractivity contribution in [1.29, 1.82) is 0 Å². The van der Waals surface area contributed by atoms with E-state index in [1.807, 2.05) is 0 Å². The van der Waals surface area contributed by atoms with E-state index in [2.05, 4.69) is 12.2 Å². The van der Waals surface area contributed by atoms with Gasteiger partial charge in [0, 0.05) is 6.04 Å². The molecule has 1 saturated heterocycles. The van der Waals surface area contributed by atoms with Gasteiger partial charge in [0.05, 0.1) is 0 Å². The number of hydrogen-bond donors (Lipinski definition) is 1. The molecule has 2 fully saturated rings. The molecule has 1 nitrogen and oxygen atoms in total. The predicted octanol–water partition coefficient (Wildman–Crippen LogP) is 1.00. The van der Waals surface area contributed by atoms with E-state index in [1.165, 1.54) is 19.4 Å². The Hall–Kier alpha value is -0.0400. The smallest absolute Gasteiger partial charge is 0.00702 e. The molecule has 3 atom stereocenters. The summed E-state index contributed by atoms with van der Waals surface area (Å²) in [6.45, 7) is 3.61. The third-order valence-corrected chi connectivity index (χ3v) is 2.82. The van der Waals surface area contributed by atoms with Gasteiger partial charge in [-0.15, -0.1) is 0 Å². The van der Waals surface area contributed by atoms with Crippen LogP contribution in [0.5, 0.6) is 0 Å². The second-order valence-electron chi connectivity index (χ2n) is 3.20. The summed E-state index contributed by atoms with van der Waals surface area (Å²) in [4.78, 5) is 0. The van der Waals surface area contributed by atoms with Crippen LogP contribution in [-0.4, -0.2) is 12.6 Å². The first kappa shape index (κ1) is 4.80. The topological polar surface area (TPSA) is 12.0 Å². The van der Waals surface area contributed by atoms with Crippen molar-refractivity contribution in [2.24, 2.45) is 11.8 Å². The van der Waals surface area contributed by atoms with E-state index in [1.54, 1.807) is 0 Å². The van der Waals surface area contributed by atoms with Gasteiger partial charge in [0.1, 0.15) is 0 Å². The Bertz CT molecular complexity index is 94.6. The molecule has 0 bridgehead atoms. The first-order valence-corrected chi connectivity index (χ1v) is 3.61. The zero-order valence-electron chi connectivity index (χ0n) is 5.35. The van der Waals surface area contributed by atoms with E-state index >= 15 is 0 Å². The largest absolute Gasteiger partial charge is 0.314 e. The molecule has 1 aliphatic heterocycles. The van der Waals surface area contributed by atoms with Gasteiger partial charge in [-0.25, -0.2) is 0 Å². The fourth-order valence-corrected chi connectivity index (χ4v) is 2.00. The Morgan fingerprint density at radius 1 is 1.38 bits per heavy atom. The fraction of sp³-hybridized carbons (Fsp3) is 1.00. The van der Waals surface area contributed by atoms with Crippen molar-refractivity contribution in [2.45, 2.75) is 25.8 Å². The van der Waals surface area contributed by atoms with Gasteiger partial charge in [-0.1, -0.05) is 0 Å². The summed E-state index contributed by atoms with van der Waals surface area (Å²) in [6.07, 6.45) is 2.97. The zero-order valence-corrected chi connectivity index (χ0v) is 5.35. The van der Waals surface area contributed by atoms with Gasteiger partial charge in [0.15, 0.2) is 0 Å². The SMILES string of the molecule is C[C@H]1NCC2CCC21. The number of hydrogen-bond acceptors (Lipinski definition) is 1. The Morgan fingerprint density at radius 3 is 2.50 bits per heavy atom. The number of nitrogens with one attached hydrogen (secondary N) is 1. The minimum Gasteiger partial charge on any atom is -0.314 e. The first-order valence-electron chi connectivity index (χ1n) is 3.61. The molecule has 0 spiro atoms. The van der Waals surface area contributed by atoms with Crippen LogP contribution in [0.1, 0.15) is 19.8 Å². The van der Waals surface area contributed by atoms with E-state index in [-0.39, 0.29) is 0 Å². The highest BCUT2D eigenvalue weighted by Crippen LogP contribution is 2.39. The second-order valence-corrected chi connectivity index (χ2v) is 3.20. The molecule has 2 aliphatic rings. The Labute approximate surface area is 50.5 Å². The molecular formula is C7H13N. The summed E-state index contributed by atoms with van der Waals surface area (Å²) in [6, 6.07) is 0.828. The summed E-state index contributed by atoms with van der Waals surface area (Å²) < 4.78 is 0. The van der Waals surface area contributed by atoms with Crippen molar-refractivity contribution >= 4 is 0 Å². The number of fused-ring (bicyclic) bond motifs is 1. The highest BCUT2D eigenvalue weighted by atomic mass is 15.0. The van der Waals surface area contributed by atoms with Crippen LogP contribution in [0, 0.1) is 11.8 Å². The van der Waals surface area contributed by atoms with Crippen LogP contribution in [0.2, 0.25) is 0 Å². The van der Waals surface area contributed by atoms with Crippen LogP contribution in [0.3, 0.4) is 0 Å². The monoisotopic (exact) mass is 111 g/mol. The maximum Gasteiger partial charge on any atom is 0.00702 e. The van der Waals surface area contributed by atoms with Crippen molar-refractivity contribution in [3.05, 3.63) is 0 Å². The highest BCUT2D eigenvalue weighted by Gasteiger charge is 2.39. The van der Waals surface area contributed by atoms with Crippen molar-refractivity contribution in [3.63, 3.8) is 0 Å². The van der Waals surface area contributed by atoms with Crippen molar-refractivity contribution < 1.29 is 0 Å². The standard InChI is InChI=1S/C7H13N/c1-5-7-3-2-6(7)4-8-5/h5-8H,2-4H2,1H3/t5-,6?,7?/m1/s1. The minimum atomic E-state index is 0.828. The van der Waals surface area contributed by atoms with Gasteiger partial charge < -0.3 is 5.32 Å². The molecule has 8 heavy (non-hydrogen) atoms. The normalized spacial score (nSPS) is 52.9. The summed E-state index contributed by atoms with van der Waals surface area (Å²) in [5.74, 6) is 2.11. The molecule has 1 heterocycles. The fourth-order valence-electron chi connectivity index (χ4n) is 2.00. The number of rotatable bonds is 0. The maximum atomic E-state index is 3.48. The van der Waals surface area contributed by atoms with Crippen LogP contribution in [0.15, 0.2) is 0 Å². The molecule has 2 unspecified atom stereocenters. The van der Waals surface area contributed by atoms with Gasteiger partial charge in [-0.3, -0.25) is 0 Å². The van der Waals surface area contributed by atoms with Gasteiger partial charge in [0.2, 0.25) is 0 Å². The Kier molecular flexibility index (Phi) is 0.884. The van der Waals surface area contributed by atoms with Crippen molar-refractivity contribution in [2.75, 3.05) is 6.54 Å². The van der Waals surface area contributed by atoms with Crippen LogP contribution in [-0.2, 0) is 0 Å². The molecule has 0 amide bonds. The average Bonchev–Trinajstić information content (AvgIpc) is 1.80. The molecular weight excluding hydrogens is 98.1 g/mol. The van der Waals surface area contributed by atoms with Crippen molar-refractivity contribution in [1.82, 2.24) is 5.32 Å². The maximum absolute atomic E-state index is 3.48. The summed E-state index contributed by atoms with van der Waals surface area (Å²) >= 11 is 0. The summed E-state index contributed by atoms with van der Waals surface area (Å²) in [7, 11) is 0. The molecule has 1 aliphatic carbocycles. The molecule has 1 N–H and O–H groups in total. The van der Waals surface area contributed by atoms with Crippen LogP contribution in [0.25, 0.3) is 0 Å². The molecule has 1 heteroatoms. The molecule has 1 saturated carbocycles. The Balaban J connectivity index is 2.05. The van der Waals surface area contributed by atoms with E-state index in [9.17, 15) is 0 Å². The zero-order chi connectivity index (χ0) is 5.56. The van der Waals surface area contributed by atoms with E-state index in [0.717, 1.165) is 17.9 Å². The lowest BCUT2D eigenvalue weighted by Gasteiger charge is -2.31. The van der Waals surface area contributed by atoms with Gasteiger partial charge >= 0.3 is 0 Å². The van der Waals surface area contributed by atoms with Crippen LogP contribution in [0.4, 0.5) is 0 Å². The second kappa shape index (κ2) is 1.47. The molecule has 0 aromatic carbocycles. The summed E-state index contributed by atoms with van der Waals surface area (Å²) in [5, 5.41) is 3.48. The lowest BCUT2D eigenvalue weighted by molar-refractivity contribution is 0.215. The Morgan fingerprint density at radius 2 is 2.25 bits per heavy atom. The van der Waals surface area contributed by atoms with Crippen molar-refractivity contribution in [3.8, 4) is 0 Å². The molecule has 0 radical (unpaired) electrons. The lowest BCUT2D eigenvalue weighted by Crippen LogP contribution is -2.28. The molecule has 0 aromatic rings. The molecule has 46 valence electrons. The van der Waals surface area contributed by atoms with Gasteiger partial charge in [-0.2, -0.15) is 0 Å². The minimum absolute atomic E-state index is 0.828. The molecule has 2 rings (SSSR count). The summed E-state index contributed by atoms with van der Waals surface area (Å²) in [5.41, 5.74) is 0. The molecule has 0 aromatic heterocycles. The highest BCUT2D eigenvalue weighted by molar-refractivity contribution is 4.94. The van der Waals surface area contributed by atoms with E-state index in [0.29, 0.717) is 0 Å². The van der Waals surface area contributed by atoms with E-state index < -0.39 is 0 Å². The third-order valence-electron chi connectivity index (χ3n) is 2.82.